The van der Waals surface area contributed by atoms with Crippen molar-refractivity contribution >= 4 is 17.6 Å². The van der Waals surface area contributed by atoms with Gasteiger partial charge in [-0.1, -0.05) is 24.3 Å². The van der Waals surface area contributed by atoms with Crippen LogP contribution in [0.3, 0.4) is 0 Å². The summed E-state index contributed by atoms with van der Waals surface area (Å²) < 4.78 is 39.0. The maximum absolute atomic E-state index is 12.3. The van der Waals surface area contributed by atoms with Crippen LogP contribution in [0.1, 0.15) is 12.0 Å². The smallest absolute Gasteiger partial charge is 0.387 e. The molecule has 0 atom stereocenters. The van der Waals surface area contributed by atoms with Crippen LogP contribution in [-0.4, -0.2) is 32.2 Å². The van der Waals surface area contributed by atoms with E-state index < -0.39 is 25.1 Å². The second kappa shape index (κ2) is 10.1. The molecule has 144 valence electrons. The van der Waals surface area contributed by atoms with Gasteiger partial charge in [-0.05, 0) is 36.2 Å². The SMILES string of the molecule is COc1ccc(CCC(=O)OCC(=O)Nc2ccccc2OC(F)F)cc1. The van der Waals surface area contributed by atoms with E-state index >= 15 is 0 Å². The molecular formula is C19H19F2NO5. The van der Waals surface area contributed by atoms with Crippen LogP contribution in [0, 0.1) is 0 Å². The standard InChI is InChI=1S/C19H19F2NO5/c1-25-14-9-6-13(7-10-14)8-11-18(24)26-12-17(23)22-15-4-2-3-5-16(15)27-19(20)21/h2-7,9-10,19H,8,11-12H2,1H3,(H,22,23). The maximum Gasteiger partial charge on any atom is 0.387 e. The van der Waals surface area contributed by atoms with E-state index in [-0.39, 0.29) is 17.9 Å². The third-order valence-corrected chi connectivity index (χ3v) is 3.52. The number of anilines is 1. The highest BCUT2D eigenvalue weighted by molar-refractivity contribution is 5.94. The summed E-state index contributed by atoms with van der Waals surface area (Å²) in [4.78, 5) is 23.6. The van der Waals surface area contributed by atoms with Gasteiger partial charge in [0.25, 0.3) is 5.91 Å². The number of carbonyl (C=O) groups is 2. The van der Waals surface area contributed by atoms with Gasteiger partial charge in [0.15, 0.2) is 6.61 Å². The molecule has 0 saturated carbocycles. The molecule has 0 aliphatic heterocycles. The van der Waals surface area contributed by atoms with E-state index in [9.17, 15) is 18.4 Å². The van der Waals surface area contributed by atoms with Crippen molar-refractivity contribution < 1.29 is 32.6 Å². The summed E-state index contributed by atoms with van der Waals surface area (Å²) in [5, 5.41) is 2.37. The van der Waals surface area contributed by atoms with Gasteiger partial charge in [-0.2, -0.15) is 8.78 Å². The number of ether oxygens (including phenoxy) is 3. The Morgan fingerprint density at radius 1 is 1.07 bits per heavy atom. The predicted molar refractivity (Wildman–Crippen MR) is 94.0 cm³/mol. The molecule has 0 radical (unpaired) electrons. The van der Waals surface area contributed by atoms with Crippen LogP contribution in [0.2, 0.25) is 0 Å². The Hall–Kier alpha value is -3.16. The van der Waals surface area contributed by atoms with Crippen molar-refractivity contribution in [2.24, 2.45) is 0 Å². The molecule has 0 aliphatic carbocycles. The number of hydrogen-bond donors (Lipinski definition) is 1. The van der Waals surface area contributed by atoms with Crippen molar-refractivity contribution in [2.75, 3.05) is 19.0 Å². The number of amides is 1. The molecule has 0 saturated heterocycles. The largest absolute Gasteiger partial charge is 0.497 e. The molecular weight excluding hydrogens is 360 g/mol. The van der Waals surface area contributed by atoms with E-state index in [0.29, 0.717) is 12.2 Å². The fourth-order valence-corrected chi connectivity index (χ4v) is 2.21. The first-order valence-electron chi connectivity index (χ1n) is 8.10. The number of rotatable bonds is 9. The molecule has 0 aromatic heterocycles. The third kappa shape index (κ3) is 6.93. The molecule has 0 heterocycles. The number of benzene rings is 2. The zero-order valence-electron chi connectivity index (χ0n) is 14.6. The van der Waals surface area contributed by atoms with Crippen molar-refractivity contribution in [2.45, 2.75) is 19.5 Å². The molecule has 1 N–H and O–H groups in total. The number of nitrogens with one attached hydrogen (secondary N) is 1. The van der Waals surface area contributed by atoms with Gasteiger partial charge in [0.2, 0.25) is 0 Å². The maximum atomic E-state index is 12.3. The second-order valence-corrected chi connectivity index (χ2v) is 5.43. The van der Waals surface area contributed by atoms with Gasteiger partial charge in [0.05, 0.1) is 12.8 Å². The van der Waals surface area contributed by atoms with E-state index in [4.69, 9.17) is 9.47 Å². The summed E-state index contributed by atoms with van der Waals surface area (Å²) in [5.74, 6) is -0.656. The number of halogens is 2. The monoisotopic (exact) mass is 379 g/mol. The number of aryl methyl sites for hydroxylation is 1. The Kier molecular flexibility index (Phi) is 7.54. The number of para-hydroxylation sites is 2. The lowest BCUT2D eigenvalue weighted by Gasteiger charge is -2.11. The molecule has 0 spiro atoms. The van der Waals surface area contributed by atoms with Crippen LogP contribution in [0.4, 0.5) is 14.5 Å². The van der Waals surface area contributed by atoms with Gasteiger partial charge in [-0.15, -0.1) is 0 Å². The van der Waals surface area contributed by atoms with Crippen LogP contribution in [0.5, 0.6) is 11.5 Å². The second-order valence-electron chi connectivity index (χ2n) is 5.43. The minimum Gasteiger partial charge on any atom is -0.497 e. The number of methoxy groups -OCH3 is 1. The minimum atomic E-state index is -3.01. The summed E-state index contributed by atoms with van der Waals surface area (Å²) in [6.07, 6.45) is 0.556. The van der Waals surface area contributed by atoms with Crippen LogP contribution in [0.15, 0.2) is 48.5 Å². The fourth-order valence-electron chi connectivity index (χ4n) is 2.21. The van der Waals surface area contributed by atoms with Crippen molar-refractivity contribution in [3.63, 3.8) is 0 Å². The first kappa shape index (κ1) is 20.2. The summed E-state index contributed by atoms with van der Waals surface area (Å²) >= 11 is 0. The first-order valence-corrected chi connectivity index (χ1v) is 8.10. The van der Waals surface area contributed by atoms with Crippen LogP contribution in [0.25, 0.3) is 0 Å². The number of carbonyl (C=O) groups excluding carboxylic acids is 2. The van der Waals surface area contributed by atoms with Gasteiger partial charge in [-0.3, -0.25) is 9.59 Å². The van der Waals surface area contributed by atoms with E-state index in [1.54, 1.807) is 25.3 Å². The average molecular weight is 379 g/mol. The van der Waals surface area contributed by atoms with E-state index in [2.05, 4.69) is 10.1 Å². The topological polar surface area (TPSA) is 73.9 Å². The molecule has 8 heteroatoms. The van der Waals surface area contributed by atoms with Crippen LogP contribution >= 0.6 is 0 Å². The van der Waals surface area contributed by atoms with Gasteiger partial charge < -0.3 is 19.5 Å². The van der Waals surface area contributed by atoms with Crippen molar-refractivity contribution in [1.29, 1.82) is 0 Å². The highest BCUT2D eigenvalue weighted by atomic mass is 19.3. The Labute approximate surface area is 155 Å². The lowest BCUT2D eigenvalue weighted by molar-refractivity contribution is -0.147. The van der Waals surface area contributed by atoms with E-state index in [1.807, 2.05) is 12.1 Å². The quantitative estimate of drug-likeness (QED) is 0.676. The van der Waals surface area contributed by atoms with Crippen molar-refractivity contribution in [3.8, 4) is 11.5 Å². The Balaban J connectivity index is 1.77. The Morgan fingerprint density at radius 2 is 1.78 bits per heavy atom. The molecule has 2 aromatic carbocycles. The normalized spacial score (nSPS) is 10.4. The zero-order valence-corrected chi connectivity index (χ0v) is 14.6. The number of hydrogen-bond acceptors (Lipinski definition) is 5. The Morgan fingerprint density at radius 3 is 2.44 bits per heavy atom. The van der Waals surface area contributed by atoms with Gasteiger partial charge in [-0.25, -0.2) is 0 Å². The molecule has 0 aliphatic rings. The van der Waals surface area contributed by atoms with Gasteiger partial charge >= 0.3 is 12.6 Å². The van der Waals surface area contributed by atoms with E-state index in [1.165, 1.54) is 18.2 Å². The zero-order chi connectivity index (χ0) is 19.6. The van der Waals surface area contributed by atoms with Crippen molar-refractivity contribution in [1.82, 2.24) is 0 Å². The molecule has 27 heavy (non-hydrogen) atoms. The molecule has 1 amide bonds. The fraction of sp³-hybridized carbons (Fsp3) is 0.263. The summed E-state index contributed by atoms with van der Waals surface area (Å²) in [7, 11) is 1.56. The Bertz CT molecular complexity index is 765. The third-order valence-electron chi connectivity index (χ3n) is 3.52. The molecule has 6 nitrogen and oxygen atoms in total. The number of esters is 1. The highest BCUT2D eigenvalue weighted by Crippen LogP contribution is 2.25. The molecule has 2 aromatic rings. The lowest BCUT2D eigenvalue weighted by Crippen LogP contribution is -2.21. The van der Waals surface area contributed by atoms with Gasteiger partial charge in [0.1, 0.15) is 11.5 Å². The summed E-state index contributed by atoms with van der Waals surface area (Å²) in [5.41, 5.74) is 0.993. The minimum absolute atomic E-state index is 0.0667. The molecule has 0 unspecified atom stereocenters. The highest BCUT2D eigenvalue weighted by Gasteiger charge is 2.13. The lowest BCUT2D eigenvalue weighted by atomic mass is 10.1. The number of alkyl halides is 2. The molecule has 0 fully saturated rings. The van der Waals surface area contributed by atoms with Crippen molar-refractivity contribution in [3.05, 3.63) is 54.1 Å². The summed E-state index contributed by atoms with van der Waals surface area (Å²) in [6.45, 7) is -3.54. The first-order chi connectivity index (χ1) is 13.0. The van der Waals surface area contributed by atoms with Crippen LogP contribution < -0.4 is 14.8 Å². The average Bonchev–Trinajstić information content (AvgIpc) is 2.66. The van der Waals surface area contributed by atoms with Gasteiger partial charge in [0, 0.05) is 6.42 Å². The predicted octanol–water partition coefficient (Wildman–Crippen LogP) is 3.41. The molecule has 2 rings (SSSR count). The molecule has 0 bridgehead atoms. The van der Waals surface area contributed by atoms with E-state index in [0.717, 1.165) is 5.56 Å². The van der Waals surface area contributed by atoms with Crippen LogP contribution in [-0.2, 0) is 20.7 Å². The summed E-state index contributed by atoms with van der Waals surface area (Å²) in [6, 6.07) is 13.0.